The van der Waals surface area contributed by atoms with Gasteiger partial charge in [0.2, 0.25) is 11.8 Å². The smallest absolute Gasteiger partial charge is 0.276 e. The van der Waals surface area contributed by atoms with Crippen LogP contribution < -0.4 is 0 Å². The Balaban J connectivity index is 1.63. The number of amides is 1. The molecular formula is C16H20N4O3. The highest BCUT2D eigenvalue weighted by molar-refractivity contribution is 5.93. The summed E-state index contributed by atoms with van der Waals surface area (Å²) in [4.78, 5) is 14.6. The molecular weight excluding hydrogens is 296 g/mol. The van der Waals surface area contributed by atoms with E-state index in [1.54, 1.807) is 0 Å². The monoisotopic (exact) mass is 316 g/mol. The van der Waals surface area contributed by atoms with E-state index >= 15 is 0 Å². The predicted octanol–water partition coefficient (Wildman–Crippen LogP) is 2.12. The molecule has 0 radical (unpaired) electrons. The number of fused-ring (bicyclic) bond motifs is 1. The highest BCUT2D eigenvalue weighted by atomic mass is 16.5. The number of nitrogens with zero attached hydrogens (tertiary/aromatic N) is 4. The number of aromatic nitrogens is 3. The molecule has 1 saturated carbocycles. The molecule has 122 valence electrons. The lowest BCUT2D eigenvalue weighted by atomic mass is 9.80. The van der Waals surface area contributed by atoms with E-state index in [1.165, 1.54) is 6.26 Å². The lowest BCUT2D eigenvalue weighted by Crippen LogP contribution is -2.35. The Kier molecular flexibility index (Phi) is 3.25. The molecule has 2 atom stereocenters. The minimum Gasteiger partial charge on any atom is -0.425 e. The first kappa shape index (κ1) is 14.4. The van der Waals surface area contributed by atoms with Crippen LogP contribution >= 0.6 is 0 Å². The van der Waals surface area contributed by atoms with Crippen LogP contribution in [0.4, 0.5) is 0 Å². The fraction of sp³-hybridized carbons (Fsp3) is 0.625. The SMILES string of the molecule is CCc1nnc([C@]23CCC[C@H]2CN(C(=O)c2nocc2C)C3)o1. The van der Waals surface area contributed by atoms with Crippen molar-refractivity contribution in [3.05, 3.63) is 29.3 Å². The molecule has 1 amide bonds. The van der Waals surface area contributed by atoms with Crippen LogP contribution in [0.15, 0.2) is 15.2 Å². The summed E-state index contributed by atoms with van der Waals surface area (Å²) >= 11 is 0. The van der Waals surface area contributed by atoms with Crippen molar-refractivity contribution in [1.29, 1.82) is 0 Å². The summed E-state index contributed by atoms with van der Waals surface area (Å²) in [5.74, 6) is 1.67. The van der Waals surface area contributed by atoms with Gasteiger partial charge in [-0.1, -0.05) is 18.5 Å². The van der Waals surface area contributed by atoms with Crippen LogP contribution in [-0.2, 0) is 11.8 Å². The number of hydrogen-bond donors (Lipinski definition) is 0. The Hall–Kier alpha value is -2.18. The summed E-state index contributed by atoms with van der Waals surface area (Å²) in [5, 5.41) is 12.3. The van der Waals surface area contributed by atoms with Crippen molar-refractivity contribution in [2.24, 2.45) is 5.92 Å². The molecule has 2 aliphatic rings. The first-order chi connectivity index (χ1) is 11.1. The Morgan fingerprint density at radius 2 is 2.35 bits per heavy atom. The zero-order valence-electron chi connectivity index (χ0n) is 13.4. The number of rotatable bonds is 3. The van der Waals surface area contributed by atoms with Gasteiger partial charge in [0.05, 0.1) is 5.41 Å². The van der Waals surface area contributed by atoms with Gasteiger partial charge in [-0.05, 0) is 25.7 Å². The minimum absolute atomic E-state index is 0.0692. The van der Waals surface area contributed by atoms with E-state index in [9.17, 15) is 4.79 Å². The van der Waals surface area contributed by atoms with Gasteiger partial charge in [-0.25, -0.2) is 0 Å². The van der Waals surface area contributed by atoms with Gasteiger partial charge in [-0.3, -0.25) is 4.79 Å². The van der Waals surface area contributed by atoms with Gasteiger partial charge in [0.1, 0.15) is 6.26 Å². The molecule has 7 nitrogen and oxygen atoms in total. The number of aryl methyl sites for hydroxylation is 2. The number of hydrogen-bond acceptors (Lipinski definition) is 6. The van der Waals surface area contributed by atoms with Gasteiger partial charge in [0.15, 0.2) is 5.69 Å². The van der Waals surface area contributed by atoms with E-state index in [0.29, 0.717) is 29.9 Å². The number of likely N-dealkylation sites (tertiary alicyclic amines) is 1. The zero-order valence-corrected chi connectivity index (χ0v) is 13.4. The van der Waals surface area contributed by atoms with Crippen LogP contribution in [0.2, 0.25) is 0 Å². The molecule has 0 unspecified atom stereocenters. The summed E-state index contributed by atoms with van der Waals surface area (Å²) in [6.07, 6.45) is 5.45. The second-order valence-corrected chi connectivity index (χ2v) is 6.63. The lowest BCUT2D eigenvalue weighted by molar-refractivity contribution is 0.0764. The van der Waals surface area contributed by atoms with Gasteiger partial charge in [0.25, 0.3) is 5.91 Å². The highest BCUT2D eigenvalue weighted by Crippen LogP contribution is 2.50. The van der Waals surface area contributed by atoms with Crippen LogP contribution in [-0.4, -0.2) is 39.3 Å². The van der Waals surface area contributed by atoms with Gasteiger partial charge in [-0.15, -0.1) is 10.2 Å². The van der Waals surface area contributed by atoms with Crippen molar-refractivity contribution in [1.82, 2.24) is 20.3 Å². The standard InChI is InChI=1S/C16H20N4O3/c1-3-12-17-18-15(23-12)16-6-4-5-11(16)7-20(9-16)14(21)13-10(2)8-22-19-13/h8,11H,3-7,9H2,1-2H3/t11-,16-/m0/s1. The fourth-order valence-corrected chi connectivity index (χ4v) is 4.03. The van der Waals surface area contributed by atoms with Crippen molar-refractivity contribution in [2.75, 3.05) is 13.1 Å². The second kappa shape index (κ2) is 5.18. The van der Waals surface area contributed by atoms with E-state index < -0.39 is 0 Å². The average molecular weight is 316 g/mol. The van der Waals surface area contributed by atoms with E-state index in [4.69, 9.17) is 8.94 Å². The van der Waals surface area contributed by atoms with Crippen molar-refractivity contribution in [2.45, 2.75) is 44.9 Å². The average Bonchev–Trinajstić information content (AvgIpc) is 3.28. The maximum atomic E-state index is 12.7. The summed E-state index contributed by atoms with van der Waals surface area (Å²) in [6.45, 7) is 5.17. The van der Waals surface area contributed by atoms with Crippen LogP contribution in [0.1, 0.15) is 54.0 Å². The van der Waals surface area contributed by atoms with Crippen molar-refractivity contribution in [3.63, 3.8) is 0 Å². The Labute approximate surface area is 134 Å². The van der Waals surface area contributed by atoms with Gasteiger partial charge in [-0.2, -0.15) is 0 Å². The third kappa shape index (κ3) is 2.09. The molecule has 7 heteroatoms. The van der Waals surface area contributed by atoms with E-state index in [1.807, 2.05) is 18.7 Å². The summed E-state index contributed by atoms with van der Waals surface area (Å²) in [7, 11) is 0. The molecule has 1 aliphatic heterocycles. The Bertz CT molecular complexity index is 737. The van der Waals surface area contributed by atoms with Crippen molar-refractivity contribution in [3.8, 4) is 0 Å². The van der Waals surface area contributed by atoms with Crippen molar-refractivity contribution >= 4 is 5.91 Å². The van der Waals surface area contributed by atoms with Crippen LogP contribution in [0.3, 0.4) is 0 Å². The van der Waals surface area contributed by atoms with E-state index in [2.05, 4.69) is 15.4 Å². The predicted molar refractivity (Wildman–Crippen MR) is 79.8 cm³/mol. The third-order valence-corrected chi connectivity index (χ3v) is 5.30. The highest BCUT2D eigenvalue weighted by Gasteiger charge is 2.55. The van der Waals surface area contributed by atoms with Crippen LogP contribution in [0.5, 0.6) is 0 Å². The van der Waals surface area contributed by atoms with Gasteiger partial charge < -0.3 is 13.8 Å². The maximum absolute atomic E-state index is 12.7. The molecule has 0 bridgehead atoms. The van der Waals surface area contributed by atoms with Gasteiger partial charge in [0, 0.05) is 25.1 Å². The Morgan fingerprint density at radius 3 is 3.04 bits per heavy atom. The van der Waals surface area contributed by atoms with Gasteiger partial charge >= 0.3 is 0 Å². The molecule has 3 heterocycles. The molecule has 0 spiro atoms. The largest absolute Gasteiger partial charge is 0.425 e. The first-order valence-electron chi connectivity index (χ1n) is 8.17. The summed E-state index contributed by atoms with van der Waals surface area (Å²) < 4.78 is 10.8. The summed E-state index contributed by atoms with van der Waals surface area (Å²) in [5.41, 5.74) is 0.986. The molecule has 2 aromatic rings. The Morgan fingerprint density at radius 1 is 1.48 bits per heavy atom. The first-order valence-corrected chi connectivity index (χ1v) is 8.17. The van der Waals surface area contributed by atoms with Crippen molar-refractivity contribution < 1.29 is 13.7 Å². The zero-order chi connectivity index (χ0) is 16.0. The lowest BCUT2D eigenvalue weighted by Gasteiger charge is -2.24. The number of carbonyl (C=O) groups is 1. The van der Waals surface area contributed by atoms with E-state index in [-0.39, 0.29) is 11.3 Å². The molecule has 1 aliphatic carbocycles. The second-order valence-electron chi connectivity index (χ2n) is 6.63. The molecule has 2 fully saturated rings. The molecule has 0 N–H and O–H groups in total. The molecule has 2 aromatic heterocycles. The third-order valence-electron chi connectivity index (χ3n) is 5.30. The normalized spacial score (nSPS) is 26.7. The summed E-state index contributed by atoms with van der Waals surface area (Å²) in [6, 6.07) is 0. The topological polar surface area (TPSA) is 85.3 Å². The minimum atomic E-state index is -0.187. The number of carbonyl (C=O) groups excluding carboxylic acids is 1. The fourth-order valence-electron chi connectivity index (χ4n) is 4.03. The van der Waals surface area contributed by atoms with Crippen LogP contribution in [0, 0.1) is 12.8 Å². The molecule has 23 heavy (non-hydrogen) atoms. The molecule has 1 saturated heterocycles. The van der Waals surface area contributed by atoms with E-state index in [0.717, 1.165) is 37.8 Å². The quantitative estimate of drug-likeness (QED) is 0.862. The van der Waals surface area contributed by atoms with Crippen LogP contribution in [0.25, 0.3) is 0 Å². The molecule has 4 rings (SSSR count). The molecule has 0 aromatic carbocycles. The maximum Gasteiger partial charge on any atom is 0.276 e.